The second kappa shape index (κ2) is 6.13. The second-order valence-corrected chi connectivity index (χ2v) is 6.12. The average molecular weight is 307 g/mol. The first kappa shape index (κ1) is 15.3. The molecule has 0 bridgehead atoms. The molecule has 2 aromatic rings. The van der Waals surface area contributed by atoms with Crippen LogP contribution in [-0.2, 0) is 10.0 Å². The lowest BCUT2D eigenvalue weighted by Crippen LogP contribution is -2.19. The van der Waals surface area contributed by atoms with Gasteiger partial charge in [0.15, 0.2) is 0 Å². The van der Waals surface area contributed by atoms with E-state index in [9.17, 15) is 13.5 Å². The zero-order chi connectivity index (χ0) is 15.5. The maximum atomic E-state index is 11.6. The van der Waals surface area contributed by atoms with Crippen molar-refractivity contribution in [2.45, 2.75) is 10.9 Å². The fraction of sp³-hybridized carbons (Fsp3) is 0.143. The summed E-state index contributed by atoms with van der Waals surface area (Å²) in [6.07, 6.45) is 0. The molecule has 6 N–H and O–H groups in total. The van der Waals surface area contributed by atoms with Crippen LogP contribution in [0.1, 0.15) is 11.6 Å². The van der Waals surface area contributed by atoms with Gasteiger partial charge in [0.05, 0.1) is 18.3 Å². The molecular weight excluding hydrogens is 290 g/mol. The molecule has 0 radical (unpaired) electrons. The van der Waals surface area contributed by atoms with Gasteiger partial charge in [0.2, 0.25) is 10.0 Å². The monoisotopic (exact) mass is 307 g/mol. The third-order valence-corrected chi connectivity index (χ3v) is 3.98. The predicted octanol–water partition coefficient (Wildman–Crippen LogP) is 1.06. The van der Waals surface area contributed by atoms with Gasteiger partial charge in [-0.25, -0.2) is 13.6 Å². The number of nitrogens with two attached hydrogens (primary N) is 2. The van der Waals surface area contributed by atoms with E-state index in [4.69, 9.17) is 10.9 Å². The molecule has 0 saturated heterocycles. The second-order valence-electron chi connectivity index (χ2n) is 4.59. The number of hydrogen-bond donors (Lipinski definition) is 4. The number of aliphatic hydroxyl groups is 1. The van der Waals surface area contributed by atoms with Crippen LogP contribution in [0.3, 0.4) is 0 Å². The molecule has 0 fully saturated rings. The van der Waals surface area contributed by atoms with Gasteiger partial charge in [-0.1, -0.05) is 30.3 Å². The molecule has 2 rings (SSSR count). The van der Waals surface area contributed by atoms with Gasteiger partial charge in [-0.2, -0.15) is 0 Å². The van der Waals surface area contributed by atoms with E-state index < -0.39 is 16.1 Å². The van der Waals surface area contributed by atoms with Crippen molar-refractivity contribution in [3.8, 4) is 0 Å². The van der Waals surface area contributed by atoms with E-state index in [1.54, 1.807) is 6.07 Å². The van der Waals surface area contributed by atoms with Crippen LogP contribution in [0.25, 0.3) is 0 Å². The smallest absolute Gasteiger partial charge is 0.240 e. The van der Waals surface area contributed by atoms with E-state index >= 15 is 0 Å². The number of hydrogen-bond acceptors (Lipinski definition) is 5. The Hall–Kier alpha value is -2.09. The summed E-state index contributed by atoms with van der Waals surface area (Å²) >= 11 is 0. The van der Waals surface area contributed by atoms with Crippen molar-refractivity contribution in [2.24, 2.45) is 5.14 Å². The van der Waals surface area contributed by atoms with Gasteiger partial charge < -0.3 is 16.2 Å². The molecule has 1 atom stereocenters. The number of primary sulfonamides is 1. The van der Waals surface area contributed by atoms with E-state index in [0.717, 1.165) is 5.56 Å². The lowest BCUT2D eigenvalue weighted by molar-refractivity contribution is 0.276. The third-order valence-electron chi connectivity index (χ3n) is 3.03. The highest BCUT2D eigenvalue weighted by Gasteiger charge is 2.18. The number of nitrogens with one attached hydrogen (secondary N) is 1. The molecule has 6 nitrogen and oxygen atoms in total. The van der Waals surface area contributed by atoms with Crippen LogP contribution in [-0.4, -0.2) is 20.1 Å². The van der Waals surface area contributed by atoms with Crippen molar-refractivity contribution in [1.82, 2.24) is 0 Å². The Labute approximate surface area is 123 Å². The normalized spacial score (nSPS) is 12.9. The van der Waals surface area contributed by atoms with Crippen LogP contribution in [0.15, 0.2) is 53.4 Å². The Morgan fingerprint density at radius 3 is 2.38 bits per heavy atom. The Bertz CT molecular complexity index is 717. The molecule has 0 aliphatic heterocycles. The molecule has 0 aromatic heterocycles. The van der Waals surface area contributed by atoms with Crippen LogP contribution >= 0.6 is 0 Å². The van der Waals surface area contributed by atoms with Crippen LogP contribution in [0.4, 0.5) is 11.4 Å². The lowest BCUT2D eigenvalue weighted by Gasteiger charge is -2.20. The van der Waals surface area contributed by atoms with Crippen LogP contribution in [0, 0.1) is 0 Å². The van der Waals surface area contributed by atoms with Crippen LogP contribution in [0.2, 0.25) is 0 Å². The minimum absolute atomic E-state index is 0.100. The standard InChI is InChI=1S/C14H17N3O3S/c15-11-6-7-12(14(8-11)21(16,19)20)17-13(9-18)10-4-2-1-3-5-10/h1-8,13,17-18H,9,15H2,(H2,16,19,20). The molecule has 0 saturated carbocycles. The summed E-state index contributed by atoms with van der Waals surface area (Å²) < 4.78 is 23.3. The Morgan fingerprint density at radius 1 is 1.14 bits per heavy atom. The molecule has 21 heavy (non-hydrogen) atoms. The van der Waals surface area contributed by atoms with E-state index in [0.29, 0.717) is 11.4 Å². The quantitative estimate of drug-likeness (QED) is 0.616. The van der Waals surface area contributed by atoms with E-state index in [2.05, 4.69) is 5.32 Å². The zero-order valence-electron chi connectivity index (χ0n) is 11.2. The Morgan fingerprint density at radius 2 is 1.81 bits per heavy atom. The Balaban J connectivity index is 2.39. The van der Waals surface area contributed by atoms with Gasteiger partial charge in [-0.05, 0) is 23.8 Å². The number of anilines is 2. The predicted molar refractivity (Wildman–Crippen MR) is 82.1 cm³/mol. The fourth-order valence-electron chi connectivity index (χ4n) is 2.00. The van der Waals surface area contributed by atoms with Gasteiger partial charge >= 0.3 is 0 Å². The third kappa shape index (κ3) is 3.72. The molecule has 1 unspecified atom stereocenters. The number of rotatable bonds is 5. The molecular formula is C14H17N3O3S. The maximum absolute atomic E-state index is 11.6. The van der Waals surface area contributed by atoms with Crippen LogP contribution in [0.5, 0.6) is 0 Å². The molecule has 112 valence electrons. The topological polar surface area (TPSA) is 118 Å². The summed E-state index contributed by atoms with van der Waals surface area (Å²) in [5.41, 5.74) is 7.03. The summed E-state index contributed by atoms with van der Waals surface area (Å²) in [7, 11) is -3.92. The van der Waals surface area contributed by atoms with Gasteiger partial charge in [0, 0.05) is 5.69 Å². The lowest BCUT2D eigenvalue weighted by atomic mass is 10.1. The number of aliphatic hydroxyl groups excluding tert-OH is 1. The van der Waals surface area contributed by atoms with Crippen molar-refractivity contribution >= 4 is 21.4 Å². The van der Waals surface area contributed by atoms with E-state index in [1.165, 1.54) is 12.1 Å². The number of benzene rings is 2. The van der Waals surface area contributed by atoms with Crippen molar-refractivity contribution in [2.75, 3.05) is 17.7 Å². The van der Waals surface area contributed by atoms with Gasteiger partial charge in [0.25, 0.3) is 0 Å². The van der Waals surface area contributed by atoms with Crippen molar-refractivity contribution in [3.05, 3.63) is 54.1 Å². The van der Waals surface area contributed by atoms with Crippen molar-refractivity contribution in [1.29, 1.82) is 0 Å². The van der Waals surface area contributed by atoms with Crippen LogP contribution < -0.4 is 16.2 Å². The minimum Gasteiger partial charge on any atom is -0.399 e. The minimum atomic E-state index is -3.92. The molecule has 0 aliphatic rings. The largest absolute Gasteiger partial charge is 0.399 e. The molecule has 0 heterocycles. The number of nitrogen functional groups attached to an aromatic ring is 1. The molecule has 7 heteroatoms. The van der Waals surface area contributed by atoms with E-state index in [-0.39, 0.29) is 11.5 Å². The van der Waals surface area contributed by atoms with Gasteiger partial charge in [-0.15, -0.1) is 0 Å². The first-order chi connectivity index (χ1) is 9.91. The SMILES string of the molecule is Nc1ccc(NC(CO)c2ccccc2)c(S(N)(=O)=O)c1. The molecule has 0 amide bonds. The molecule has 0 aliphatic carbocycles. The highest BCUT2D eigenvalue weighted by Crippen LogP contribution is 2.27. The zero-order valence-corrected chi connectivity index (χ0v) is 12.0. The summed E-state index contributed by atoms with van der Waals surface area (Å²) in [6, 6.07) is 13.1. The summed E-state index contributed by atoms with van der Waals surface area (Å²) in [5, 5.41) is 17.7. The fourth-order valence-corrected chi connectivity index (χ4v) is 2.73. The van der Waals surface area contributed by atoms with Crippen molar-refractivity contribution in [3.63, 3.8) is 0 Å². The highest BCUT2D eigenvalue weighted by atomic mass is 32.2. The summed E-state index contributed by atoms with van der Waals surface area (Å²) in [5.74, 6) is 0. The summed E-state index contributed by atoms with van der Waals surface area (Å²) in [6.45, 7) is -0.196. The number of sulfonamides is 1. The van der Waals surface area contributed by atoms with E-state index in [1.807, 2.05) is 30.3 Å². The van der Waals surface area contributed by atoms with Gasteiger partial charge in [-0.3, -0.25) is 0 Å². The maximum Gasteiger partial charge on any atom is 0.240 e. The van der Waals surface area contributed by atoms with Gasteiger partial charge in [0.1, 0.15) is 4.90 Å². The molecule has 0 spiro atoms. The average Bonchev–Trinajstić information content (AvgIpc) is 2.46. The Kier molecular flexibility index (Phi) is 4.46. The first-order valence-corrected chi connectivity index (χ1v) is 7.81. The first-order valence-electron chi connectivity index (χ1n) is 6.26. The molecule has 2 aromatic carbocycles. The highest BCUT2D eigenvalue weighted by molar-refractivity contribution is 7.89. The summed E-state index contributed by atoms with van der Waals surface area (Å²) in [4.78, 5) is -0.100. The van der Waals surface area contributed by atoms with Crippen molar-refractivity contribution < 1.29 is 13.5 Å².